The molecule has 0 bridgehead atoms. The van der Waals surface area contributed by atoms with E-state index in [1.54, 1.807) is 0 Å². The molecule has 132 valence electrons. The van der Waals surface area contributed by atoms with Gasteiger partial charge in [-0.2, -0.15) is 0 Å². The molecule has 5 nitrogen and oxygen atoms in total. The van der Waals surface area contributed by atoms with Crippen LogP contribution in [0.25, 0.3) is 10.9 Å². The lowest BCUT2D eigenvalue weighted by molar-refractivity contribution is -0.160. The monoisotopic (exact) mass is 340 g/mol. The Morgan fingerprint density at radius 2 is 2.04 bits per heavy atom. The highest BCUT2D eigenvalue weighted by molar-refractivity contribution is 5.92. The Bertz CT molecular complexity index is 877. The van der Waals surface area contributed by atoms with Gasteiger partial charge in [-0.1, -0.05) is 39.0 Å². The van der Waals surface area contributed by atoms with Crippen molar-refractivity contribution in [1.29, 1.82) is 0 Å². The number of ether oxygens (including phenoxy) is 1. The molecule has 0 saturated carbocycles. The molecule has 3 heterocycles. The zero-order valence-corrected chi connectivity index (χ0v) is 15.2. The normalized spacial score (nSPS) is 25.8. The van der Waals surface area contributed by atoms with Crippen molar-refractivity contribution in [2.75, 3.05) is 7.11 Å². The van der Waals surface area contributed by atoms with Crippen molar-refractivity contribution in [1.82, 2.24) is 9.88 Å². The third-order valence-electron chi connectivity index (χ3n) is 6.03. The quantitative estimate of drug-likeness (QED) is 0.811. The number of aromatic amines is 1. The van der Waals surface area contributed by atoms with Crippen LogP contribution in [0.2, 0.25) is 0 Å². The van der Waals surface area contributed by atoms with Gasteiger partial charge < -0.3 is 14.6 Å². The van der Waals surface area contributed by atoms with E-state index in [2.05, 4.69) is 37.9 Å². The minimum atomic E-state index is -0.564. The van der Waals surface area contributed by atoms with Crippen molar-refractivity contribution in [2.45, 2.75) is 51.6 Å². The van der Waals surface area contributed by atoms with Crippen molar-refractivity contribution in [3.8, 4) is 0 Å². The lowest BCUT2D eigenvalue weighted by Crippen LogP contribution is -2.61. The molecule has 25 heavy (non-hydrogen) atoms. The fourth-order valence-corrected chi connectivity index (χ4v) is 4.91. The molecular formula is C20H24N2O3. The Morgan fingerprint density at radius 1 is 1.32 bits per heavy atom. The van der Waals surface area contributed by atoms with Crippen LogP contribution in [0.3, 0.4) is 0 Å². The number of amides is 1. The van der Waals surface area contributed by atoms with Crippen LogP contribution in [0, 0.1) is 5.41 Å². The molecule has 5 heteroatoms. The highest BCUT2D eigenvalue weighted by Gasteiger charge is 2.61. The Labute approximate surface area is 147 Å². The van der Waals surface area contributed by atoms with Gasteiger partial charge in [-0.25, -0.2) is 4.79 Å². The van der Waals surface area contributed by atoms with Crippen LogP contribution in [0.5, 0.6) is 0 Å². The molecule has 0 radical (unpaired) electrons. The minimum Gasteiger partial charge on any atom is -0.467 e. The highest BCUT2D eigenvalue weighted by Crippen LogP contribution is 2.56. The number of esters is 1. The summed E-state index contributed by atoms with van der Waals surface area (Å²) in [4.78, 5) is 30.8. The first-order valence-electron chi connectivity index (χ1n) is 8.81. The average Bonchev–Trinajstić information content (AvgIpc) is 3.12. The fourth-order valence-electron chi connectivity index (χ4n) is 4.91. The first-order valence-corrected chi connectivity index (χ1v) is 8.81. The van der Waals surface area contributed by atoms with Crippen molar-refractivity contribution in [2.24, 2.45) is 5.41 Å². The van der Waals surface area contributed by atoms with Crippen molar-refractivity contribution >= 4 is 22.8 Å². The van der Waals surface area contributed by atoms with E-state index in [1.807, 2.05) is 17.0 Å². The molecule has 2 aliphatic heterocycles. The summed E-state index contributed by atoms with van der Waals surface area (Å²) in [7, 11) is 1.40. The van der Waals surface area contributed by atoms with E-state index in [9.17, 15) is 9.59 Å². The van der Waals surface area contributed by atoms with Gasteiger partial charge in [0.1, 0.15) is 6.04 Å². The number of hydrogen-bond acceptors (Lipinski definition) is 3. The van der Waals surface area contributed by atoms with E-state index < -0.39 is 11.6 Å². The molecule has 2 aromatic rings. The smallest absolute Gasteiger partial charge is 0.328 e. The summed E-state index contributed by atoms with van der Waals surface area (Å²) >= 11 is 0. The molecule has 2 aliphatic rings. The van der Waals surface area contributed by atoms with Gasteiger partial charge in [0.05, 0.1) is 12.6 Å². The van der Waals surface area contributed by atoms with Crippen LogP contribution >= 0.6 is 0 Å². The zero-order valence-electron chi connectivity index (χ0n) is 15.2. The maximum absolute atomic E-state index is 12.8. The molecule has 0 unspecified atom stereocenters. The third kappa shape index (κ3) is 1.95. The van der Waals surface area contributed by atoms with Gasteiger partial charge in [-0.05, 0) is 23.5 Å². The number of nitrogens with one attached hydrogen (secondary N) is 1. The standard InChI is InChI=1S/C20H24N2O3/c1-19(2,3)20-10-9-16(23)22(20)15(18(24)25-4)11-13-12-7-5-6-8-14(12)21-17(13)20/h5-8,15,21H,9-11H2,1-4H3/t15-,20-/m0/s1. The summed E-state index contributed by atoms with van der Waals surface area (Å²) in [5.41, 5.74) is 2.55. The Balaban J connectivity index is 2.06. The SMILES string of the molecule is COC(=O)[C@@H]1Cc2c([nH]c3ccccc23)[C@]2(C(C)(C)C)CCC(=O)N12. The van der Waals surface area contributed by atoms with Crippen LogP contribution in [-0.2, 0) is 26.3 Å². The molecule has 1 aromatic heterocycles. The zero-order chi connectivity index (χ0) is 18.0. The van der Waals surface area contributed by atoms with Crippen molar-refractivity contribution in [3.05, 3.63) is 35.5 Å². The molecule has 1 N–H and O–H groups in total. The predicted octanol–water partition coefficient (Wildman–Crippen LogP) is 3.13. The number of para-hydroxylation sites is 1. The van der Waals surface area contributed by atoms with Crippen molar-refractivity contribution < 1.29 is 14.3 Å². The molecule has 0 aliphatic carbocycles. The highest BCUT2D eigenvalue weighted by atomic mass is 16.5. The van der Waals surface area contributed by atoms with E-state index in [4.69, 9.17) is 4.74 Å². The molecule has 1 saturated heterocycles. The lowest BCUT2D eigenvalue weighted by atomic mass is 9.66. The van der Waals surface area contributed by atoms with Gasteiger partial charge in [0, 0.05) is 29.4 Å². The number of carbonyl (C=O) groups is 2. The molecule has 1 fully saturated rings. The molecule has 0 spiro atoms. The molecular weight excluding hydrogens is 316 g/mol. The van der Waals surface area contributed by atoms with Gasteiger partial charge in [0.2, 0.25) is 5.91 Å². The number of methoxy groups -OCH3 is 1. The van der Waals surface area contributed by atoms with Crippen LogP contribution < -0.4 is 0 Å². The average molecular weight is 340 g/mol. The van der Waals surface area contributed by atoms with Gasteiger partial charge >= 0.3 is 5.97 Å². The number of nitrogens with zero attached hydrogens (tertiary/aromatic N) is 1. The second-order valence-corrected chi connectivity index (χ2v) is 8.14. The predicted molar refractivity (Wildman–Crippen MR) is 95.0 cm³/mol. The number of carbonyl (C=O) groups excluding carboxylic acids is 2. The van der Waals surface area contributed by atoms with Gasteiger partial charge in [-0.15, -0.1) is 0 Å². The van der Waals surface area contributed by atoms with Crippen LogP contribution in [0.4, 0.5) is 0 Å². The Hall–Kier alpha value is -2.30. The fraction of sp³-hybridized carbons (Fsp3) is 0.500. The topological polar surface area (TPSA) is 62.4 Å². The van der Waals surface area contributed by atoms with E-state index in [1.165, 1.54) is 7.11 Å². The third-order valence-corrected chi connectivity index (χ3v) is 6.03. The second kappa shape index (κ2) is 5.10. The number of fused-ring (bicyclic) bond motifs is 5. The van der Waals surface area contributed by atoms with E-state index >= 15 is 0 Å². The van der Waals surface area contributed by atoms with Crippen LogP contribution in [0.1, 0.15) is 44.9 Å². The van der Waals surface area contributed by atoms with Crippen molar-refractivity contribution in [3.63, 3.8) is 0 Å². The van der Waals surface area contributed by atoms with Gasteiger partial charge in [-0.3, -0.25) is 4.79 Å². The van der Waals surface area contributed by atoms with Crippen LogP contribution in [0.15, 0.2) is 24.3 Å². The summed E-state index contributed by atoms with van der Waals surface area (Å²) in [6.45, 7) is 6.44. The van der Waals surface area contributed by atoms with Crippen LogP contribution in [-0.4, -0.2) is 34.9 Å². The first kappa shape index (κ1) is 16.2. The number of benzene rings is 1. The maximum atomic E-state index is 12.8. The summed E-state index contributed by atoms with van der Waals surface area (Å²) in [6, 6.07) is 7.59. The van der Waals surface area contributed by atoms with E-state index in [0.29, 0.717) is 19.3 Å². The molecule has 1 amide bonds. The van der Waals surface area contributed by atoms with E-state index in [0.717, 1.165) is 22.2 Å². The molecule has 1 aromatic carbocycles. The number of hydrogen-bond donors (Lipinski definition) is 1. The largest absolute Gasteiger partial charge is 0.467 e. The number of rotatable bonds is 1. The summed E-state index contributed by atoms with van der Waals surface area (Å²) in [5.74, 6) is -0.297. The first-order chi connectivity index (χ1) is 11.8. The Morgan fingerprint density at radius 3 is 2.72 bits per heavy atom. The Kier molecular flexibility index (Phi) is 3.30. The molecule has 2 atom stereocenters. The maximum Gasteiger partial charge on any atom is 0.328 e. The number of aromatic nitrogens is 1. The minimum absolute atomic E-state index is 0.0367. The summed E-state index contributed by atoms with van der Waals surface area (Å²) in [5, 5.41) is 1.13. The summed E-state index contributed by atoms with van der Waals surface area (Å²) in [6.07, 6.45) is 1.66. The molecule has 4 rings (SSSR count). The number of H-pyrrole nitrogens is 1. The van der Waals surface area contributed by atoms with Gasteiger partial charge in [0.25, 0.3) is 0 Å². The second-order valence-electron chi connectivity index (χ2n) is 8.14. The van der Waals surface area contributed by atoms with Gasteiger partial charge in [0.15, 0.2) is 0 Å². The lowest BCUT2D eigenvalue weighted by Gasteiger charge is -2.53. The summed E-state index contributed by atoms with van der Waals surface area (Å²) < 4.78 is 5.06. The van der Waals surface area contributed by atoms with E-state index in [-0.39, 0.29) is 17.3 Å².